The number of thiazole rings is 1. The van der Waals surface area contributed by atoms with Crippen LogP contribution in [0.5, 0.6) is 0 Å². The maximum absolute atomic E-state index is 12.4. The van der Waals surface area contributed by atoms with Gasteiger partial charge in [-0.1, -0.05) is 6.07 Å². The Kier molecular flexibility index (Phi) is 4.35. The van der Waals surface area contributed by atoms with Crippen LogP contribution in [0, 0.1) is 6.92 Å². The minimum absolute atomic E-state index is 0.0718. The molecule has 0 spiro atoms. The first-order chi connectivity index (χ1) is 10.6. The van der Waals surface area contributed by atoms with Crippen LogP contribution in [-0.4, -0.2) is 40.5 Å². The third kappa shape index (κ3) is 3.42. The van der Waals surface area contributed by atoms with Crippen molar-refractivity contribution in [1.82, 2.24) is 14.9 Å². The van der Waals surface area contributed by atoms with Gasteiger partial charge in [-0.15, -0.1) is 11.3 Å². The van der Waals surface area contributed by atoms with Crippen LogP contribution in [0.3, 0.4) is 0 Å². The molecule has 0 saturated carbocycles. The van der Waals surface area contributed by atoms with Crippen molar-refractivity contribution in [3.05, 3.63) is 40.0 Å². The van der Waals surface area contributed by atoms with E-state index in [1.807, 2.05) is 29.3 Å². The van der Waals surface area contributed by atoms with Gasteiger partial charge >= 0.3 is 0 Å². The summed E-state index contributed by atoms with van der Waals surface area (Å²) in [6.45, 7) is 3.54. The molecule has 3 heterocycles. The van der Waals surface area contributed by atoms with Gasteiger partial charge in [-0.25, -0.2) is 9.97 Å². The van der Waals surface area contributed by atoms with Gasteiger partial charge in [0.25, 0.3) is 0 Å². The highest BCUT2D eigenvalue weighted by Gasteiger charge is 2.26. The highest BCUT2D eigenvalue weighted by Crippen LogP contribution is 2.22. The fourth-order valence-corrected chi connectivity index (χ4v) is 3.07. The summed E-state index contributed by atoms with van der Waals surface area (Å²) in [5, 5.41) is 2.91. The van der Waals surface area contributed by atoms with Gasteiger partial charge in [-0.05, 0) is 19.1 Å². The number of aromatic nitrogens is 2. The largest absolute Gasteiger partial charge is 0.384 e. The molecule has 1 aliphatic heterocycles. The molecule has 0 radical (unpaired) electrons. The molecule has 0 aromatic carbocycles. The van der Waals surface area contributed by atoms with Crippen molar-refractivity contribution in [1.29, 1.82) is 0 Å². The Morgan fingerprint density at radius 1 is 1.50 bits per heavy atom. The molecule has 1 aliphatic rings. The summed E-state index contributed by atoms with van der Waals surface area (Å²) in [4.78, 5) is 22.9. The molecular weight excluding hydrogens is 300 g/mol. The van der Waals surface area contributed by atoms with Crippen LogP contribution in [0.1, 0.15) is 22.5 Å². The second-order valence-corrected chi connectivity index (χ2v) is 6.28. The van der Waals surface area contributed by atoms with Crippen LogP contribution in [0.2, 0.25) is 0 Å². The Labute approximate surface area is 132 Å². The molecule has 116 valence electrons. The lowest BCUT2D eigenvalue weighted by molar-refractivity contribution is -0.138. The molecule has 2 aromatic heterocycles. The molecule has 1 atom stereocenters. The van der Waals surface area contributed by atoms with Crippen LogP contribution in [0.25, 0.3) is 0 Å². The number of nitrogens with two attached hydrogens (primary N) is 1. The van der Waals surface area contributed by atoms with E-state index in [1.54, 1.807) is 17.4 Å². The average Bonchev–Trinajstić information content (AvgIpc) is 2.92. The van der Waals surface area contributed by atoms with Crippen molar-refractivity contribution in [2.75, 3.05) is 25.4 Å². The lowest BCUT2D eigenvalue weighted by Crippen LogP contribution is -2.43. The predicted octanol–water partition coefficient (Wildman–Crippen LogP) is 1.57. The molecule has 7 heteroatoms. The van der Waals surface area contributed by atoms with Crippen LogP contribution in [0.4, 0.5) is 5.82 Å². The van der Waals surface area contributed by atoms with Gasteiger partial charge < -0.3 is 15.4 Å². The molecule has 0 aliphatic carbocycles. The zero-order chi connectivity index (χ0) is 15.5. The molecule has 0 unspecified atom stereocenters. The quantitative estimate of drug-likeness (QED) is 0.929. The fraction of sp³-hybridized carbons (Fsp3) is 0.400. The third-order valence-corrected chi connectivity index (χ3v) is 4.36. The summed E-state index contributed by atoms with van der Waals surface area (Å²) in [6, 6.07) is 5.46. The van der Waals surface area contributed by atoms with E-state index >= 15 is 0 Å². The summed E-state index contributed by atoms with van der Waals surface area (Å²) in [5.74, 6) is 0.532. The van der Waals surface area contributed by atoms with E-state index in [4.69, 9.17) is 10.5 Å². The van der Waals surface area contributed by atoms with E-state index in [1.165, 1.54) is 0 Å². The summed E-state index contributed by atoms with van der Waals surface area (Å²) < 4.78 is 5.73. The lowest BCUT2D eigenvalue weighted by atomic mass is 10.1. The topological polar surface area (TPSA) is 81.3 Å². The Morgan fingerprint density at radius 3 is 3.09 bits per heavy atom. The van der Waals surface area contributed by atoms with Gasteiger partial charge in [0, 0.05) is 11.9 Å². The van der Waals surface area contributed by atoms with E-state index in [9.17, 15) is 4.79 Å². The average molecular weight is 318 g/mol. The number of anilines is 1. The Morgan fingerprint density at radius 2 is 2.36 bits per heavy atom. The van der Waals surface area contributed by atoms with E-state index in [0.717, 1.165) is 16.4 Å². The molecule has 22 heavy (non-hydrogen) atoms. The number of carbonyl (C=O) groups excluding carboxylic acids is 1. The number of nitrogen functional groups attached to an aromatic ring is 1. The monoisotopic (exact) mass is 318 g/mol. The lowest BCUT2D eigenvalue weighted by Gasteiger charge is -2.32. The number of carbonyl (C=O) groups is 1. The SMILES string of the molecule is Cc1nc(CC(=O)N2CCO[C@@H](c3cccc(N)n3)C2)cs1. The van der Waals surface area contributed by atoms with Gasteiger partial charge in [0.1, 0.15) is 11.9 Å². The summed E-state index contributed by atoms with van der Waals surface area (Å²) in [7, 11) is 0. The van der Waals surface area contributed by atoms with E-state index < -0.39 is 0 Å². The highest BCUT2D eigenvalue weighted by molar-refractivity contribution is 7.09. The number of hydrogen-bond donors (Lipinski definition) is 1. The molecular formula is C15H18N4O2S. The molecule has 2 aromatic rings. The summed E-state index contributed by atoms with van der Waals surface area (Å²) in [5.41, 5.74) is 7.31. The normalized spacial score (nSPS) is 18.4. The van der Waals surface area contributed by atoms with Crippen LogP contribution < -0.4 is 5.73 Å². The first-order valence-corrected chi connectivity index (χ1v) is 8.02. The predicted molar refractivity (Wildman–Crippen MR) is 84.5 cm³/mol. The number of rotatable bonds is 3. The van der Waals surface area contributed by atoms with Crippen LogP contribution in [0.15, 0.2) is 23.6 Å². The molecule has 1 fully saturated rings. The number of nitrogens with zero attached hydrogens (tertiary/aromatic N) is 3. The van der Waals surface area contributed by atoms with Gasteiger partial charge in [0.2, 0.25) is 5.91 Å². The first kappa shape index (κ1) is 14.9. The smallest absolute Gasteiger partial charge is 0.228 e. The maximum atomic E-state index is 12.4. The van der Waals surface area contributed by atoms with Crippen molar-refractivity contribution in [2.45, 2.75) is 19.4 Å². The number of hydrogen-bond acceptors (Lipinski definition) is 6. The van der Waals surface area contributed by atoms with Crippen molar-refractivity contribution in [2.24, 2.45) is 0 Å². The van der Waals surface area contributed by atoms with Crippen LogP contribution >= 0.6 is 11.3 Å². The van der Waals surface area contributed by atoms with Gasteiger partial charge in [-0.3, -0.25) is 4.79 Å². The van der Waals surface area contributed by atoms with Crippen molar-refractivity contribution >= 4 is 23.1 Å². The Bertz CT molecular complexity index is 673. The van der Waals surface area contributed by atoms with E-state index in [2.05, 4.69) is 9.97 Å². The molecule has 3 rings (SSSR count). The minimum atomic E-state index is -0.224. The van der Waals surface area contributed by atoms with Gasteiger partial charge in [-0.2, -0.15) is 0 Å². The first-order valence-electron chi connectivity index (χ1n) is 7.14. The van der Waals surface area contributed by atoms with Crippen molar-refractivity contribution in [3.63, 3.8) is 0 Å². The zero-order valence-corrected chi connectivity index (χ0v) is 13.2. The number of pyridine rings is 1. The standard InChI is InChI=1S/C15H18N4O2S/c1-10-17-11(9-22-10)7-15(20)19-5-6-21-13(8-19)12-3-2-4-14(16)18-12/h2-4,9,13H,5-8H2,1H3,(H2,16,18)/t13-/m1/s1. The summed E-state index contributed by atoms with van der Waals surface area (Å²) >= 11 is 1.56. The number of morpholine rings is 1. The fourth-order valence-electron chi connectivity index (χ4n) is 2.46. The number of amides is 1. The maximum Gasteiger partial charge on any atom is 0.228 e. The minimum Gasteiger partial charge on any atom is -0.384 e. The second kappa shape index (κ2) is 6.41. The van der Waals surface area contributed by atoms with Crippen LogP contribution in [-0.2, 0) is 16.0 Å². The molecule has 6 nitrogen and oxygen atoms in total. The van der Waals surface area contributed by atoms with E-state index in [-0.39, 0.29) is 12.0 Å². The molecule has 0 bridgehead atoms. The second-order valence-electron chi connectivity index (χ2n) is 5.22. The van der Waals surface area contributed by atoms with Crippen molar-refractivity contribution in [3.8, 4) is 0 Å². The molecule has 2 N–H and O–H groups in total. The Hall–Kier alpha value is -1.99. The molecule has 1 amide bonds. The van der Waals surface area contributed by atoms with Gasteiger partial charge in [0.05, 0.1) is 36.0 Å². The third-order valence-electron chi connectivity index (χ3n) is 3.54. The molecule has 1 saturated heterocycles. The summed E-state index contributed by atoms with van der Waals surface area (Å²) in [6.07, 6.45) is 0.111. The van der Waals surface area contributed by atoms with Gasteiger partial charge in [0.15, 0.2) is 0 Å². The highest BCUT2D eigenvalue weighted by atomic mass is 32.1. The van der Waals surface area contributed by atoms with E-state index in [0.29, 0.717) is 31.9 Å². The number of ether oxygens (including phenoxy) is 1. The zero-order valence-electron chi connectivity index (χ0n) is 12.4. The van der Waals surface area contributed by atoms with Crippen molar-refractivity contribution < 1.29 is 9.53 Å². The Balaban J connectivity index is 1.66. The number of aryl methyl sites for hydroxylation is 1.